The molecule has 0 bridgehead atoms. The molecule has 1 atom stereocenters. The fourth-order valence-corrected chi connectivity index (χ4v) is 4.80. The van der Waals surface area contributed by atoms with Crippen molar-refractivity contribution in [3.05, 3.63) is 23.1 Å². The Kier molecular flexibility index (Phi) is 7.53. The molecule has 5 nitrogen and oxygen atoms in total. The molecule has 0 radical (unpaired) electrons. The Morgan fingerprint density at radius 2 is 1.97 bits per heavy atom. The maximum Gasteiger partial charge on any atom is 0.191 e. The molecule has 170 valence electrons. The molecule has 0 amide bonds. The van der Waals surface area contributed by atoms with Crippen LogP contribution < -0.4 is 0 Å². The summed E-state index contributed by atoms with van der Waals surface area (Å²) in [6, 6.07) is 2.08. The minimum Gasteiger partial charge on any atom is -0.417 e. The Bertz CT molecular complexity index is 962. The molecule has 1 aliphatic heterocycles. The summed E-state index contributed by atoms with van der Waals surface area (Å²) in [7, 11) is 0.418. The van der Waals surface area contributed by atoms with Gasteiger partial charge >= 0.3 is 0 Å². The first-order chi connectivity index (χ1) is 14.5. The van der Waals surface area contributed by atoms with Gasteiger partial charge in [0.2, 0.25) is 0 Å². The Morgan fingerprint density at radius 3 is 2.61 bits per heavy atom. The molecule has 1 fully saturated rings. The average molecular weight is 461 g/mol. The Hall–Kier alpha value is -1.39. The fraction of sp³-hybridized carbons (Fsp3) is 0.667. The number of piperidine rings is 1. The zero-order valence-corrected chi connectivity index (χ0v) is 21.9. The fourth-order valence-electron chi connectivity index (χ4n) is 3.58. The van der Waals surface area contributed by atoms with E-state index in [-0.39, 0.29) is 11.1 Å². The zero-order chi connectivity index (χ0) is 22.8. The van der Waals surface area contributed by atoms with Crippen LogP contribution in [-0.4, -0.2) is 54.7 Å². The number of halogens is 1. The quantitative estimate of drug-likeness (QED) is 0.323. The molecule has 0 aliphatic carbocycles. The Balaban J connectivity index is 1.78. The Labute approximate surface area is 193 Å². The SMILES string of the molecule is C[C@@H](CCO[Si](C)(C)C(C)(C)C)n1nc(C#CC2CCN(C)CC2)c2cnc(Cl)cc21. The normalized spacial score (nSPS) is 17.5. The van der Waals surface area contributed by atoms with E-state index in [0.717, 1.165) is 55.6 Å². The van der Waals surface area contributed by atoms with Crippen LogP contribution in [0.2, 0.25) is 23.3 Å². The van der Waals surface area contributed by atoms with Gasteiger partial charge in [0.15, 0.2) is 8.32 Å². The van der Waals surface area contributed by atoms with Gasteiger partial charge in [0.1, 0.15) is 10.8 Å². The molecule has 2 aromatic heterocycles. The van der Waals surface area contributed by atoms with E-state index in [4.69, 9.17) is 21.1 Å². The minimum atomic E-state index is -1.75. The summed E-state index contributed by atoms with van der Waals surface area (Å²) < 4.78 is 8.44. The molecule has 7 heteroatoms. The van der Waals surface area contributed by atoms with Crippen LogP contribution >= 0.6 is 11.6 Å². The number of likely N-dealkylation sites (tertiary alicyclic amines) is 1. The maximum absolute atomic E-state index is 6.39. The van der Waals surface area contributed by atoms with Crippen LogP contribution in [0.1, 0.15) is 58.7 Å². The largest absolute Gasteiger partial charge is 0.417 e. The second-order valence-corrected chi connectivity index (χ2v) is 15.6. The lowest BCUT2D eigenvalue weighted by atomic mass is 9.98. The van der Waals surface area contributed by atoms with Crippen LogP contribution in [0.4, 0.5) is 0 Å². The van der Waals surface area contributed by atoms with Crippen molar-refractivity contribution in [1.82, 2.24) is 19.7 Å². The van der Waals surface area contributed by atoms with Crippen LogP contribution in [0.25, 0.3) is 10.9 Å². The van der Waals surface area contributed by atoms with Crippen molar-refractivity contribution in [3.8, 4) is 11.8 Å². The van der Waals surface area contributed by atoms with Crippen LogP contribution in [0.3, 0.4) is 0 Å². The molecule has 3 rings (SSSR count). The number of pyridine rings is 1. The number of hydrogen-bond donors (Lipinski definition) is 0. The van der Waals surface area contributed by atoms with Crippen molar-refractivity contribution < 1.29 is 4.43 Å². The summed E-state index contributed by atoms with van der Waals surface area (Å²) in [5.74, 6) is 7.26. The van der Waals surface area contributed by atoms with E-state index >= 15 is 0 Å². The molecule has 1 aliphatic rings. The van der Waals surface area contributed by atoms with Crippen LogP contribution in [0, 0.1) is 17.8 Å². The highest BCUT2D eigenvalue weighted by atomic mass is 35.5. The Morgan fingerprint density at radius 1 is 1.29 bits per heavy atom. The third kappa shape index (κ3) is 5.90. The lowest BCUT2D eigenvalue weighted by Gasteiger charge is -2.36. The standard InChI is InChI=1S/C24H37ClN4OSi/c1-18(12-15-30-31(6,7)24(2,3)4)29-22-16-23(25)26-17-20(22)21(27-29)9-8-19-10-13-28(5)14-11-19/h16-19H,10-15H2,1-7H3/t18-/m0/s1. The van der Waals surface area contributed by atoms with Crippen molar-refractivity contribution in [2.24, 2.45) is 5.92 Å². The molecule has 0 saturated carbocycles. The monoisotopic (exact) mass is 460 g/mol. The predicted molar refractivity (Wildman–Crippen MR) is 132 cm³/mol. The smallest absolute Gasteiger partial charge is 0.191 e. The van der Waals surface area contributed by atoms with E-state index in [0.29, 0.717) is 11.1 Å². The molecular formula is C24H37ClN4OSi. The number of rotatable bonds is 5. The average Bonchev–Trinajstić information content (AvgIpc) is 3.04. The van der Waals surface area contributed by atoms with E-state index in [2.05, 4.69) is 74.2 Å². The molecule has 31 heavy (non-hydrogen) atoms. The van der Waals surface area contributed by atoms with Crippen molar-refractivity contribution >= 4 is 30.8 Å². The van der Waals surface area contributed by atoms with E-state index in [9.17, 15) is 0 Å². The summed E-state index contributed by atoms with van der Waals surface area (Å²) in [5, 5.41) is 6.55. The first-order valence-corrected chi connectivity index (χ1v) is 14.6. The third-order valence-corrected chi connectivity index (χ3v) is 11.6. The summed E-state index contributed by atoms with van der Waals surface area (Å²) in [4.78, 5) is 6.65. The highest BCUT2D eigenvalue weighted by molar-refractivity contribution is 6.74. The van der Waals surface area contributed by atoms with Gasteiger partial charge in [-0.05, 0) is 70.4 Å². The number of aromatic nitrogens is 3. The van der Waals surface area contributed by atoms with Gasteiger partial charge in [-0.2, -0.15) is 5.10 Å². The van der Waals surface area contributed by atoms with Gasteiger partial charge in [-0.25, -0.2) is 4.98 Å². The molecule has 0 spiro atoms. The van der Waals surface area contributed by atoms with Crippen LogP contribution in [-0.2, 0) is 4.43 Å². The van der Waals surface area contributed by atoms with Gasteiger partial charge in [-0.1, -0.05) is 38.3 Å². The van der Waals surface area contributed by atoms with Gasteiger partial charge in [-0.15, -0.1) is 0 Å². The molecule has 1 saturated heterocycles. The maximum atomic E-state index is 6.39. The second kappa shape index (κ2) is 9.62. The molecular weight excluding hydrogens is 424 g/mol. The summed E-state index contributed by atoms with van der Waals surface area (Å²) in [5.41, 5.74) is 1.79. The van der Waals surface area contributed by atoms with Crippen molar-refractivity contribution in [2.45, 2.75) is 71.1 Å². The first-order valence-electron chi connectivity index (χ1n) is 11.4. The van der Waals surface area contributed by atoms with Crippen molar-refractivity contribution in [1.29, 1.82) is 0 Å². The molecule has 0 unspecified atom stereocenters. The topological polar surface area (TPSA) is 43.2 Å². The highest BCUT2D eigenvalue weighted by Gasteiger charge is 2.37. The van der Waals surface area contributed by atoms with Gasteiger partial charge in [0.25, 0.3) is 0 Å². The lowest BCUT2D eigenvalue weighted by molar-refractivity contribution is 0.248. The minimum absolute atomic E-state index is 0.185. The highest BCUT2D eigenvalue weighted by Crippen LogP contribution is 2.37. The first kappa shape index (κ1) is 24.3. The number of nitrogens with zero attached hydrogens (tertiary/aromatic N) is 4. The second-order valence-electron chi connectivity index (χ2n) is 10.4. The van der Waals surface area contributed by atoms with Crippen molar-refractivity contribution in [2.75, 3.05) is 26.7 Å². The zero-order valence-electron chi connectivity index (χ0n) is 20.1. The number of hydrogen-bond acceptors (Lipinski definition) is 4. The lowest BCUT2D eigenvalue weighted by Crippen LogP contribution is -2.41. The molecule has 0 N–H and O–H groups in total. The van der Waals surface area contributed by atoms with E-state index in [1.807, 2.05) is 6.07 Å². The summed E-state index contributed by atoms with van der Waals surface area (Å²) in [6.07, 6.45) is 4.94. The van der Waals surface area contributed by atoms with Gasteiger partial charge in [-0.3, -0.25) is 4.68 Å². The van der Waals surface area contributed by atoms with Gasteiger partial charge in [0, 0.05) is 24.8 Å². The molecule has 2 aromatic rings. The summed E-state index contributed by atoms with van der Waals surface area (Å²) >= 11 is 6.22. The van der Waals surface area contributed by atoms with Crippen molar-refractivity contribution in [3.63, 3.8) is 0 Å². The van der Waals surface area contributed by atoms with E-state index in [1.165, 1.54) is 0 Å². The predicted octanol–water partition coefficient (Wildman–Crippen LogP) is 5.75. The van der Waals surface area contributed by atoms with E-state index in [1.54, 1.807) is 6.20 Å². The van der Waals surface area contributed by atoms with Crippen LogP contribution in [0.5, 0.6) is 0 Å². The molecule has 3 heterocycles. The number of fused-ring (bicyclic) bond motifs is 1. The molecule has 0 aromatic carbocycles. The van der Waals surface area contributed by atoms with Gasteiger partial charge in [0.05, 0.1) is 16.9 Å². The third-order valence-electron chi connectivity index (χ3n) is 6.89. The van der Waals surface area contributed by atoms with E-state index < -0.39 is 8.32 Å². The summed E-state index contributed by atoms with van der Waals surface area (Å²) in [6.45, 7) is 16.5. The van der Waals surface area contributed by atoms with Crippen LogP contribution in [0.15, 0.2) is 12.3 Å². The van der Waals surface area contributed by atoms with Gasteiger partial charge < -0.3 is 9.33 Å².